The van der Waals surface area contributed by atoms with Crippen LogP contribution in [0.3, 0.4) is 0 Å². The fourth-order valence-electron chi connectivity index (χ4n) is 1.81. The lowest BCUT2D eigenvalue weighted by Gasteiger charge is -2.17. The van der Waals surface area contributed by atoms with E-state index >= 15 is 0 Å². The molecule has 0 aliphatic heterocycles. The molecule has 0 heterocycles. The second-order valence-corrected chi connectivity index (χ2v) is 4.40. The first-order chi connectivity index (χ1) is 10.2. The third-order valence-corrected chi connectivity index (χ3v) is 2.72. The van der Waals surface area contributed by atoms with E-state index in [0.29, 0.717) is 31.1 Å². The maximum Gasteiger partial charge on any atom is 0.258 e. The van der Waals surface area contributed by atoms with Gasteiger partial charge in [-0.3, -0.25) is 4.79 Å². The highest BCUT2D eigenvalue weighted by Crippen LogP contribution is 2.26. The van der Waals surface area contributed by atoms with Gasteiger partial charge in [0.1, 0.15) is 0 Å². The normalized spacial score (nSPS) is 11.8. The number of carbonyl (C=O) groups excluding carboxylic acids is 1. The van der Waals surface area contributed by atoms with Crippen LogP contribution in [0.25, 0.3) is 0 Å². The molecule has 1 amide bonds. The molecule has 0 aliphatic carbocycles. The molecule has 1 atom stereocenters. The van der Waals surface area contributed by atoms with Gasteiger partial charge in [0.25, 0.3) is 5.91 Å². The van der Waals surface area contributed by atoms with Crippen LogP contribution in [-0.2, 0) is 9.53 Å². The van der Waals surface area contributed by atoms with Crippen molar-refractivity contribution in [3.05, 3.63) is 24.3 Å². The Bertz CT molecular complexity index is 418. The SMILES string of the molecule is CCOc1ccccc1OCC(=O)NC(CCO)COC. The molecular weight excluding hydrogens is 274 g/mol. The molecule has 0 spiro atoms. The van der Waals surface area contributed by atoms with E-state index in [4.69, 9.17) is 19.3 Å². The maximum atomic E-state index is 11.8. The number of carbonyl (C=O) groups is 1. The summed E-state index contributed by atoms with van der Waals surface area (Å²) in [6.07, 6.45) is 0.440. The van der Waals surface area contributed by atoms with Gasteiger partial charge >= 0.3 is 0 Å². The van der Waals surface area contributed by atoms with Crippen molar-refractivity contribution in [2.24, 2.45) is 0 Å². The molecule has 1 aromatic rings. The fraction of sp³-hybridized carbons (Fsp3) is 0.533. The minimum absolute atomic E-state index is 0.0116. The Morgan fingerprint density at radius 3 is 2.52 bits per heavy atom. The van der Waals surface area contributed by atoms with Gasteiger partial charge in [-0.15, -0.1) is 0 Å². The van der Waals surface area contributed by atoms with Crippen molar-refractivity contribution < 1.29 is 24.1 Å². The van der Waals surface area contributed by atoms with Gasteiger partial charge in [-0.2, -0.15) is 0 Å². The molecular formula is C15H23NO5. The summed E-state index contributed by atoms with van der Waals surface area (Å²) >= 11 is 0. The number of hydrogen-bond acceptors (Lipinski definition) is 5. The number of ether oxygens (including phenoxy) is 3. The van der Waals surface area contributed by atoms with Crippen LogP contribution in [-0.4, -0.2) is 50.6 Å². The van der Waals surface area contributed by atoms with E-state index in [1.807, 2.05) is 19.1 Å². The van der Waals surface area contributed by atoms with Crippen LogP contribution in [0.15, 0.2) is 24.3 Å². The minimum atomic E-state index is -0.267. The number of para-hydroxylation sites is 2. The molecule has 6 heteroatoms. The molecule has 2 N–H and O–H groups in total. The number of hydrogen-bond donors (Lipinski definition) is 2. The van der Waals surface area contributed by atoms with Crippen LogP contribution in [0.1, 0.15) is 13.3 Å². The van der Waals surface area contributed by atoms with Gasteiger partial charge < -0.3 is 24.6 Å². The first-order valence-electron chi connectivity index (χ1n) is 6.95. The summed E-state index contributed by atoms with van der Waals surface area (Å²) < 4.78 is 15.9. The number of rotatable bonds is 10. The lowest BCUT2D eigenvalue weighted by Crippen LogP contribution is -2.41. The highest BCUT2D eigenvalue weighted by atomic mass is 16.5. The summed E-state index contributed by atoms with van der Waals surface area (Å²) in [5, 5.41) is 11.7. The van der Waals surface area contributed by atoms with Crippen molar-refractivity contribution in [1.82, 2.24) is 5.32 Å². The van der Waals surface area contributed by atoms with E-state index in [2.05, 4.69) is 5.32 Å². The number of amides is 1. The lowest BCUT2D eigenvalue weighted by molar-refractivity contribution is -0.124. The summed E-state index contributed by atoms with van der Waals surface area (Å²) in [6, 6.07) is 6.97. The van der Waals surface area contributed by atoms with Crippen molar-refractivity contribution in [2.75, 3.05) is 33.5 Å². The van der Waals surface area contributed by atoms with Crippen LogP contribution in [0.2, 0.25) is 0 Å². The summed E-state index contributed by atoms with van der Waals surface area (Å²) in [7, 11) is 1.55. The molecule has 118 valence electrons. The van der Waals surface area contributed by atoms with Crippen LogP contribution in [0.5, 0.6) is 11.5 Å². The summed E-state index contributed by atoms with van der Waals surface area (Å²) in [4.78, 5) is 11.8. The zero-order chi connectivity index (χ0) is 15.5. The second kappa shape index (κ2) is 10.0. The predicted molar refractivity (Wildman–Crippen MR) is 78.6 cm³/mol. The van der Waals surface area contributed by atoms with Crippen LogP contribution < -0.4 is 14.8 Å². The second-order valence-electron chi connectivity index (χ2n) is 4.40. The van der Waals surface area contributed by atoms with E-state index in [1.165, 1.54) is 0 Å². The smallest absolute Gasteiger partial charge is 0.258 e. The largest absolute Gasteiger partial charge is 0.490 e. The zero-order valence-corrected chi connectivity index (χ0v) is 12.5. The highest BCUT2D eigenvalue weighted by molar-refractivity contribution is 5.77. The monoisotopic (exact) mass is 297 g/mol. The van der Waals surface area contributed by atoms with Gasteiger partial charge in [-0.25, -0.2) is 0 Å². The standard InChI is InChI=1S/C15H23NO5/c1-3-20-13-6-4-5-7-14(13)21-11-15(18)16-12(8-9-17)10-19-2/h4-7,12,17H,3,8-11H2,1-2H3,(H,16,18). The Balaban J connectivity index is 2.48. The molecule has 1 rings (SSSR count). The third-order valence-electron chi connectivity index (χ3n) is 2.72. The first kappa shape index (κ1) is 17.3. The van der Waals surface area contributed by atoms with Crippen molar-refractivity contribution in [3.8, 4) is 11.5 Å². The third kappa shape index (κ3) is 6.46. The van der Waals surface area contributed by atoms with Crippen molar-refractivity contribution in [2.45, 2.75) is 19.4 Å². The molecule has 0 saturated heterocycles. The molecule has 21 heavy (non-hydrogen) atoms. The molecule has 1 aromatic carbocycles. The zero-order valence-electron chi connectivity index (χ0n) is 12.5. The summed E-state index contributed by atoms with van der Waals surface area (Å²) in [5.74, 6) is 0.869. The summed E-state index contributed by atoms with van der Waals surface area (Å²) in [6.45, 7) is 2.63. The Morgan fingerprint density at radius 2 is 1.95 bits per heavy atom. The Morgan fingerprint density at radius 1 is 1.29 bits per heavy atom. The van der Waals surface area contributed by atoms with Crippen LogP contribution >= 0.6 is 0 Å². The van der Waals surface area contributed by atoms with Crippen LogP contribution in [0.4, 0.5) is 0 Å². The molecule has 0 fully saturated rings. The fourth-order valence-corrected chi connectivity index (χ4v) is 1.81. The Kier molecular flexibility index (Phi) is 8.23. The topological polar surface area (TPSA) is 77.0 Å². The van der Waals surface area contributed by atoms with Gasteiger partial charge in [0, 0.05) is 13.7 Å². The molecule has 0 saturated carbocycles. The lowest BCUT2D eigenvalue weighted by atomic mass is 10.2. The number of benzene rings is 1. The number of methoxy groups -OCH3 is 1. The van der Waals surface area contributed by atoms with Gasteiger partial charge in [0.05, 0.1) is 19.3 Å². The molecule has 0 radical (unpaired) electrons. The average molecular weight is 297 g/mol. The van der Waals surface area contributed by atoms with Crippen LogP contribution in [0, 0.1) is 0 Å². The predicted octanol–water partition coefficient (Wildman–Crippen LogP) is 0.978. The molecule has 0 aromatic heterocycles. The van der Waals surface area contributed by atoms with Crippen molar-refractivity contribution in [1.29, 1.82) is 0 Å². The molecule has 1 unspecified atom stereocenters. The highest BCUT2D eigenvalue weighted by Gasteiger charge is 2.13. The number of aliphatic hydroxyl groups is 1. The molecule has 6 nitrogen and oxygen atoms in total. The van der Waals surface area contributed by atoms with E-state index in [9.17, 15) is 4.79 Å². The average Bonchev–Trinajstić information content (AvgIpc) is 2.47. The summed E-state index contributed by atoms with van der Waals surface area (Å²) in [5.41, 5.74) is 0. The maximum absolute atomic E-state index is 11.8. The number of nitrogens with one attached hydrogen (secondary N) is 1. The van der Waals surface area contributed by atoms with Gasteiger partial charge in [-0.05, 0) is 25.5 Å². The molecule has 0 aliphatic rings. The van der Waals surface area contributed by atoms with E-state index in [0.717, 1.165) is 0 Å². The van der Waals surface area contributed by atoms with Crippen molar-refractivity contribution in [3.63, 3.8) is 0 Å². The Labute approximate surface area is 125 Å². The van der Waals surface area contributed by atoms with Crippen molar-refractivity contribution >= 4 is 5.91 Å². The van der Waals surface area contributed by atoms with E-state index in [1.54, 1.807) is 19.2 Å². The minimum Gasteiger partial charge on any atom is -0.490 e. The number of aliphatic hydroxyl groups excluding tert-OH is 1. The van der Waals surface area contributed by atoms with Gasteiger partial charge in [-0.1, -0.05) is 12.1 Å². The van der Waals surface area contributed by atoms with Gasteiger partial charge in [0.2, 0.25) is 0 Å². The van der Waals surface area contributed by atoms with E-state index < -0.39 is 0 Å². The Hall–Kier alpha value is -1.79. The van der Waals surface area contributed by atoms with E-state index in [-0.39, 0.29) is 25.2 Å². The quantitative estimate of drug-likeness (QED) is 0.673. The first-order valence-corrected chi connectivity index (χ1v) is 6.95. The molecule has 0 bridgehead atoms. The van der Waals surface area contributed by atoms with Gasteiger partial charge in [0.15, 0.2) is 18.1 Å².